The number of aromatic nitrogens is 2. The fourth-order valence-electron chi connectivity index (χ4n) is 2.01. The van der Waals surface area contributed by atoms with Gasteiger partial charge in [0.15, 0.2) is 0 Å². The summed E-state index contributed by atoms with van der Waals surface area (Å²) in [5.74, 6) is 1.68. The summed E-state index contributed by atoms with van der Waals surface area (Å²) in [6, 6.07) is 3.14. The van der Waals surface area contributed by atoms with Crippen LogP contribution in [0.25, 0.3) is 0 Å². The maximum Gasteiger partial charge on any atom is 0.254 e. The molecule has 0 bridgehead atoms. The van der Waals surface area contributed by atoms with E-state index in [1.54, 1.807) is 26.8 Å². The minimum atomic E-state index is -0.186. The van der Waals surface area contributed by atoms with Crippen molar-refractivity contribution in [2.75, 3.05) is 6.54 Å². The molecule has 2 rings (SSSR count). The average molecular weight is 275 g/mol. The molecule has 20 heavy (non-hydrogen) atoms. The number of hydrogen-bond acceptors (Lipinski definition) is 4. The summed E-state index contributed by atoms with van der Waals surface area (Å²) in [5.41, 5.74) is 1.02. The van der Waals surface area contributed by atoms with E-state index in [1.165, 1.54) is 6.07 Å². The number of H-pyrrole nitrogens is 1. The van der Waals surface area contributed by atoms with Crippen molar-refractivity contribution in [2.45, 2.75) is 27.2 Å². The molecule has 0 aliphatic heterocycles. The quantitative estimate of drug-likeness (QED) is 0.879. The second kappa shape index (κ2) is 5.73. The highest BCUT2D eigenvalue weighted by Gasteiger charge is 2.12. The Hall–Kier alpha value is -2.37. The highest BCUT2D eigenvalue weighted by molar-refractivity contribution is 5.95. The average Bonchev–Trinajstić information content (AvgIpc) is 2.67. The summed E-state index contributed by atoms with van der Waals surface area (Å²) >= 11 is 0. The molecule has 0 saturated carbocycles. The first-order chi connectivity index (χ1) is 9.45. The first-order valence-electron chi connectivity index (χ1n) is 6.38. The molecule has 2 aromatic heterocycles. The van der Waals surface area contributed by atoms with Crippen LogP contribution < -0.4 is 10.9 Å². The molecule has 0 atom stereocenters. The monoisotopic (exact) mass is 275 g/mol. The lowest BCUT2D eigenvalue weighted by atomic mass is 10.2. The molecule has 2 N–H and O–H groups in total. The number of hydrogen-bond donors (Lipinski definition) is 2. The molecule has 2 heterocycles. The van der Waals surface area contributed by atoms with E-state index >= 15 is 0 Å². The molecular formula is C14H17N3O3. The fourth-order valence-corrected chi connectivity index (χ4v) is 2.01. The van der Waals surface area contributed by atoms with E-state index in [0.717, 1.165) is 0 Å². The van der Waals surface area contributed by atoms with Gasteiger partial charge in [-0.1, -0.05) is 0 Å². The zero-order valence-electron chi connectivity index (χ0n) is 11.7. The van der Waals surface area contributed by atoms with Gasteiger partial charge >= 0.3 is 0 Å². The van der Waals surface area contributed by atoms with Crippen molar-refractivity contribution < 1.29 is 9.21 Å². The fraction of sp³-hybridized carbons (Fsp3) is 0.357. The van der Waals surface area contributed by atoms with Gasteiger partial charge in [0, 0.05) is 24.7 Å². The van der Waals surface area contributed by atoms with Crippen LogP contribution in [0.1, 0.15) is 33.4 Å². The van der Waals surface area contributed by atoms with Crippen molar-refractivity contribution in [1.29, 1.82) is 0 Å². The molecule has 6 nitrogen and oxygen atoms in total. The summed E-state index contributed by atoms with van der Waals surface area (Å²) in [5, 5.41) is 2.78. The van der Waals surface area contributed by atoms with Crippen LogP contribution >= 0.6 is 0 Å². The molecule has 0 aromatic carbocycles. The van der Waals surface area contributed by atoms with Crippen molar-refractivity contribution in [3.05, 3.63) is 51.1 Å². The van der Waals surface area contributed by atoms with Crippen LogP contribution in [0.2, 0.25) is 0 Å². The van der Waals surface area contributed by atoms with E-state index < -0.39 is 0 Å². The van der Waals surface area contributed by atoms with Crippen LogP contribution in [-0.4, -0.2) is 22.4 Å². The zero-order chi connectivity index (χ0) is 14.7. The van der Waals surface area contributed by atoms with Crippen LogP contribution in [0.3, 0.4) is 0 Å². The van der Waals surface area contributed by atoms with Gasteiger partial charge in [-0.2, -0.15) is 0 Å². The van der Waals surface area contributed by atoms with Crippen molar-refractivity contribution >= 4 is 5.91 Å². The Morgan fingerprint density at radius 3 is 2.70 bits per heavy atom. The van der Waals surface area contributed by atoms with Gasteiger partial charge in [0.1, 0.15) is 17.3 Å². The molecule has 1 amide bonds. The molecule has 2 aromatic rings. The smallest absolute Gasteiger partial charge is 0.254 e. The number of nitrogens with zero attached hydrogens (tertiary/aromatic N) is 1. The number of carbonyl (C=O) groups is 1. The summed E-state index contributed by atoms with van der Waals surface area (Å²) < 4.78 is 5.31. The minimum absolute atomic E-state index is 0.180. The molecule has 0 radical (unpaired) electrons. The second-order valence-electron chi connectivity index (χ2n) is 4.67. The number of carbonyl (C=O) groups excluding carboxylic acids is 1. The molecular weight excluding hydrogens is 258 g/mol. The Kier molecular flexibility index (Phi) is 4.02. The molecule has 0 aliphatic carbocycles. The Balaban J connectivity index is 1.94. The van der Waals surface area contributed by atoms with Crippen LogP contribution in [0.4, 0.5) is 0 Å². The normalized spacial score (nSPS) is 10.6. The zero-order valence-corrected chi connectivity index (χ0v) is 11.7. The Bertz CT molecular complexity index is 685. The maximum atomic E-state index is 11.9. The third-order valence-electron chi connectivity index (χ3n) is 2.85. The van der Waals surface area contributed by atoms with Gasteiger partial charge in [-0.05, 0) is 26.8 Å². The van der Waals surface area contributed by atoms with E-state index in [9.17, 15) is 9.59 Å². The van der Waals surface area contributed by atoms with Crippen molar-refractivity contribution in [2.24, 2.45) is 0 Å². The third-order valence-corrected chi connectivity index (χ3v) is 2.85. The van der Waals surface area contributed by atoms with Crippen LogP contribution in [0.5, 0.6) is 0 Å². The van der Waals surface area contributed by atoms with Crippen molar-refractivity contribution in [3.8, 4) is 0 Å². The molecule has 106 valence electrons. The van der Waals surface area contributed by atoms with E-state index in [-0.39, 0.29) is 11.5 Å². The topological polar surface area (TPSA) is 88.0 Å². The van der Waals surface area contributed by atoms with Gasteiger partial charge in [0.2, 0.25) is 0 Å². The lowest BCUT2D eigenvalue weighted by Gasteiger charge is -2.04. The van der Waals surface area contributed by atoms with Gasteiger partial charge in [0.05, 0.1) is 5.56 Å². The lowest BCUT2D eigenvalue weighted by Crippen LogP contribution is -2.27. The van der Waals surface area contributed by atoms with Gasteiger partial charge in [-0.3, -0.25) is 9.59 Å². The predicted octanol–water partition coefficient (Wildman–Crippen LogP) is 1.26. The Morgan fingerprint density at radius 1 is 1.35 bits per heavy atom. The van der Waals surface area contributed by atoms with Crippen LogP contribution in [0, 0.1) is 20.8 Å². The van der Waals surface area contributed by atoms with Crippen molar-refractivity contribution in [3.63, 3.8) is 0 Å². The summed E-state index contributed by atoms with van der Waals surface area (Å²) in [4.78, 5) is 30.1. The van der Waals surface area contributed by atoms with Gasteiger partial charge in [-0.15, -0.1) is 0 Å². The second-order valence-corrected chi connectivity index (χ2v) is 4.67. The highest BCUT2D eigenvalue weighted by atomic mass is 16.3. The molecule has 0 spiro atoms. The predicted molar refractivity (Wildman–Crippen MR) is 73.8 cm³/mol. The Labute approximate surface area is 116 Å². The van der Waals surface area contributed by atoms with E-state index in [0.29, 0.717) is 41.6 Å². The molecule has 0 aliphatic rings. The van der Waals surface area contributed by atoms with E-state index in [4.69, 9.17) is 4.42 Å². The van der Waals surface area contributed by atoms with Gasteiger partial charge in [-0.25, -0.2) is 4.98 Å². The van der Waals surface area contributed by atoms with E-state index in [1.807, 2.05) is 0 Å². The molecule has 0 unspecified atom stereocenters. The standard InChI is InChI=1S/C14H17N3O3/c1-8-6-13(18)17-12(16-8)4-5-15-14(19)11-7-9(2)20-10(11)3/h6-7H,4-5H2,1-3H3,(H,15,19)(H,16,17,18). The number of aryl methyl sites for hydroxylation is 3. The first-order valence-corrected chi connectivity index (χ1v) is 6.38. The lowest BCUT2D eigenvalue weighted by molar-refractivity contribution is 0.0952. The maximum absolute atomic E-state index is 11.9. The van der Waals surface area contributed by atoms with Crippen LogP contribution in [0.15, 0.2) is 21.3 Å². The highest BCUT2D eigenvalue weighted by Crippen LogP contribution is 2.13. The summed E-state index contributed by atoms with van der Waals surface area (Å²) in [7, 11) is 0. The number of furan rings is 1. The summed E-state index contributed by atoms with van der Waals surface area (Å²) in [6.07, 6.45) is 0.471. The van der Waals surface area contributed by atoms with Gasteiger partial charge in [0.25, 0.3) is 11.5 Å². The SMILES string of the molecule is Cc1cc(=O)[nH]c(CCNC(=O)c2cc(C)oc2C)n1. The molecule has 0 fully saturated rings. The minimum Gasteiger partial charge on any atom is -0.466 e. The largest absolute Gasteiger partial charge is 0.466 e. The first kappa shape index (κ1) is 14.0. The number of amides is 1. The molecule has 6 heteroatoms. The third kappa shape index (κ3) is 3.34. The van der Waals surface area contributed by atoms with E-state index in [2.05, 4.69) is 15.3 Å². The molecule has 0 saturated heterocycles. The Morgan fingerprint density at radius 2 is 2.10 bits per heavy atom. The number of aromatic amines is 1. The number of nitrogens with one attached hydrogen (secondary N) is 2. The van der Waals surface area contributed by atoms with Gasteiger partial charge < -0.3 is 14.7 Å². The van der Waals surface area contributed by atoms with Crippen molar-refractivity contribution in [1.82, 2.24) is 15.3 Å². The summed E-state index contributed by atoms with van der Waals surface area (Å²) in [6.45, 7) is 5.70. The number of rotatable bonds is 4. The van der Waals surface area contributed by atoms with Crippen LogP contribution in [-0.2, 0) is 6.42 Å².